The van der Waals surface area contributed by atoms with Crippen LogP contribution in [0.15, 0.2) is 40.9 Å². The Morgan fingerprint density at radius 3 is 2.68 bits per heavy atom. The van der Waals surface area contributed by atoms with Crippen LogP contribution in [0.3, 0.4) is 0 Å². The number of benzene rings is 2. The number of carbonyl (C=O) groups excluding carboxylic acids is 1. The first-order valence-corrected chi connectivity index (χ1v) is 6.36. The summed E-state index contributed by atoms with van der Waals surface area (Å²) in [5, 5.41) is 2.86. The Balaban J connectivity index is 2.31. The number of anilines is 1. The highest BCUT2D eigenvalue weighted by atomic mass is 79.9. The summed E-state index contributed by atoms with van der Waals surface area (Å²) in [4.78, 5) is 11.9. The zero-order valence-electron chi connectivity index (χ0n) is 9.38. The maximum Gasteiger partial charge on any atom is 0.258 e. The molecule has 0 fully saturated rings. The van der Waals surface area contributed by atoms with E-state index in [1.807, 2.05) is 0 Å². The molecule has 6 heteroatoms. The van der Waals surface area contributed by atoms with Gasteiger partial charge in [0.25, 0.3) is 5.91 Å². The SMILES string of the molecule is O=C(Nc1cccc(Cl)c1Br)c1cc(F)ccc1F. The normalized spacial score (nSPS) is 10.3. The Morgan fingerprint density at radius 1 is 1.21 bits per heavy atom. The van der Waals surface area contributed by atoms with Crippen LogP contribution in [0.25, 0.3) is 0 Å². The largest absolute Gasteiger partial charge is 0.321 e. The van der Waals surface area contributed by atoms with Gasteiger partial charge in [-0.2, -0.15) is 0 Å². The second-order valence-electron chi connectivity index (χ2n) is 3.68. The molecule has 2 rings (SSSR count). The molecular weight excluding hydrogens is 340 g/mol. The monoisotopic (exact) mass is 345 g/mol. The first-order valence-electron chi connectivity index (χ1n) is 5.19. The van der Waals surface area contributed by atoms with Crippen LogP contribution in [-0.2, 0) is 0 Å². The molecule has 0 atom stereocenters. The summed E-state index contributed by atoms with van der Waals surface area (Å²) in [5.41, 5.74) is 0.00744. The molecule has 0 aliphatic rings. The molecule has 0 saturated heterocycles. The van der Waals surface area contributed by atoms with Crippen molar-refractivity contribution in [1.29, 1.82) is 0 Å². The molecule has 0 aromatic heterocycles. The van der Waals surface area contributed by atoms with Crippen molar-refractivity contribution in [2.45, 2.75) is 0 Å². The third kappa shape index (κ3) is 3.11. The molecule has 2 nitrogen and oxygen atoms in total. The van der Waals surface area contributed by atoms with E-state index in [9.17, 15) is 13.6 Å². The summed E-state index contributed by atoms with van der Waals surface area (Å²) < 4.78 is 26.9. The van der Waals surface area contributed by atoms with Crippen LogP contribution in [0.4, 0.5) is 14.5 Å². The minimum Gasteiger partial charge on any atom is -0.321 e. The number of rotatable bonds is 2. The second-order valence-corrected chi connectivity index (χ2v) is 4.88. The van der Waals surface area contributed by atoms with Crippen molar-refractivity contribution in [3.8, 4) is 0 Å². The standard InChI is InChI=1S/C13H7BrClF2NO/c14-12-9(15)2-1-3-11(12)18-13(19)8-6-7(16)4-5-10(8)17/h1-6H,(H,18,19). The van der Waals surface area contributed by atoms with Gasteiger partial charge < -0.3 is 5.32 Å². The van der Waals surface area contributed by atoms with Gasteiger partial charge in [0.05, 0.1) is 20.7 Å². The Kier molecular flexibility index (Phi) is 4.17. The van der Waals surface area contributed by atoms with Crippen LogP contribution in [0, 0.1) is 11.6 Å². The van der Waals surface area contributed by atoms with Crippen molar-refractivity contribution in [2.75, 3.05) is 5.32 Å². The topological polar surface area (TPSA) is 29.1 Å². The van der Waals surface area contributed by atoms with E-state index in [-0.39, 0.29) is 5.56 Å². The molecule has 0 unspecified atom stereocenters. The predicted molar refractivity (Wildman–Crippen MR) is 73.5 cm³/mol. The van der Waals surface area contributed by atoms with E-state index in [4.69, 9.17) is 11.6 Å². The lowest BCUT2D eigenvalue weighted by Crippen LogP contribution is -2.14. The zero-order chi connectivity index (χ0) is 14.0. The maximum absolute atomic E-state index is 13.4. The lowest BCUT2D eigenvalue weighted by molar-refractivity contribution is 0.102. The molecule has 0 heterocycles. The molecule has 2 aromatic rings. The van der Waals surface area contributed by atoms with Crippen LogP contribution in [0.5, 0.6) is 0 Å². The second kappa shape index (κ2) is 5.67. The molecule has 1 N–H and O–H groups in total. The highest BCUT2D eigenvalue weighted by Crippen LogP contribution is 2.30. The molecule has 1 amide bonds. The van der Waals surface area contributed by atoms with Crippen LogP contribution in [0.1, 0.15) is 10.4 Å². The van der Waals surface area contributed by atoms with Gasteiger partial charge >= 0.3 is 0 Å². The minimum atomic E-state index is -0.794. The number of nitrogens with one attached hydrogen (secondary N) is 1. The summed E-state index contributed by atoms with van der Waals surface area (Å²) >= 11 is 9.07. The number of halogens is 4. The highest BCUT2D eigenvalue weighted by Gasteiger charge is 2.14. The fraction of sp³-hybridized carbons (Fsp3) is 0. The number of hydrogen-bond acceptors (Lipinski definition) is 1. The summed E-state index contributed by atoms with van der Waals surface area (Å²) in [7, 11) is 0. The number of hydrogen-bond donors (Lipinski definition) is 1. The Bertz CT molecular complexity index is 649. The van der Waals surface area contributed by atoms with E-state index < -0.39 is 17.5 Å². The fourth-order valence-corrected chi connectivity index (χ4v) is 2.00. The fourth-order valence-electron chi connectivity index (χ4n) is 1.46. The van der Waals surface area contributed by atoms with E-state index in [2.05, 4.69) is 21.2 Å². The van der Waals surface area contributed by atoms with Crippen LogP contribution in [-0.4, -0.2) is 5.91 Å². The summed E-state index contributed by atoms with van der Waals surface area (Å²) in [6.45, 7) is 0. The Hall–Kier alpha value is -1.46. The van der Waals surface area contributed by atoms with Crippen molar-refractivity contribution in [1.82, 2.24) is 0 Å². The van der Waals surface area contributed by atoms with Gasteiger partial charge in [-0.15, -0.1) is 0 Å². The first-order chi connectivity index (χ1) is 8.99. The molecule has 2 aromatic carbocycles. The van der Waals surface area contributed by atoms with Crippen molar-refractivity contribution in [3.05, 3.63) is 63.1 Å². The molecule has 0 bridgehead atoms. The van der Waals surface area contributed by atoms with Crippen LogP contribution >= 0.6 is 27.5 Å². The maximum atomic E-state index is 13.4. The summed E-state index contributed by atoms with van der Waals surface area (Å²) in [6, 6.07) is 7.53. The molecule has 0 radical (unpaired) electrons. The molecule has 19 heavy (non-hydrogen) atoms. The average molecular weight is 347 g/mol. The van der Waals surface area contributed by atoms with Gasteiger partial charge in [-0.3, -0.25) is 4.79 Å². The van der Waals surface area contributed by atoms with E-state index in [1.165, 1.54) is 0 Å². The minimum absolute atomic E-state index is 0.369. The molecule has 0 saturated carbocycles. The van der Waals surface area contributed by atoms with Gasteiger partial charge in [-0.1, -0.05) is 17.7 Å². The van der Waals surface area contributed by atoms with Crippen molar-refractivity contribution in [3.63, 3.8) is 0 Å². The highest BCUT2D eigenvalue weighted by molar-refractivity contribution is 9.10. The third-order valence-corrected chi connectivity index (χ3v) is 3.77. The van der Waals surface area contributed by atoms with E-state index in [0.29, 0.717) is 15.2 Å². The number of amides is 1. The van der Waals surface area contributed by atoms with Gasteiger partial charge in [-0.05, 0) is 46.3 Å². The molecule has 0 aliphatic heterocycles. The lowest BCUT2D eigenvalue weighted by Gasteiger charge is -2.09. The zero-order valence-corrected chi connectivity index (χ0v) is 11.7. The molecular formula is C13H7BrClF2NO. The third-order valence-electron chi connectivity index (χ3n) is 2.37. The van der Waals surface area contributed by atoms with Crippen LogP contribution in [0.2, 0.25) is 5.02 Å². The van der Waals surface area contributed by atoms with Crippen molar-refractivity contribution >= 4 is 39.1 Å². The van der Waals surface area contributed by atoms with Crippen molar-refractivity contribution in [2.24, 2.45) is 0 Å². The van der Waals surface area contributed by atoms with Crippen molar-refractivity contribution < 1.29 is 13.6 Å². The molecule has 0 spiro atoms. The Morgan fingerprint density at radius 2 is 1.95 bits per heavy atom. The molecule has 98 valence electrons. The average Bonchev–Trinajstić information content (AvgIpc) is 2.38. The van der Waals surface area contributed by atoms with E-state index >= 15 is 0 Å². The quantitative estimate of drug-likeness (QED) is 0.844. The summed E-state index contributed by atoms with van der Waals surface area (Å²) in [5.74, 6) is -2.23. The first kappa shape index (κ1) is 14.0. The number of carbonyl (C=O) groups is 1. The van der Waals surface area contributed by atoms with E-state index in [0.717, 1.165) is 18.2 Å². The van der Waals surface area contributed by atoms with Gasteiger partial charge in [0.2, 0.25) is 0 Å². The van der Waals surface area contributed by atoms with E-state index in [1.54, 1.807) is 18.2 Å². The van der Waals surface area contributed by atoms with Gasteiger partial charge in [-0.25, -0.2) is 8.78 Å². The Labute approximate surface area is 121 Å². The van der Waals surface area contributed by atoms with Gasteiger partial charge in [0.15, 0.2) is 0 Å². The lowest BCUT2D eigenvalue weighted by atomic mass is 10.2. The van der Waals surface area contributed by atoms with Crippen LogP contribution < -0.4 is 5.32 Å². The summed E-state index contributed by atoms with van der Waals surface area (Å²) in [6.07, 6.45) is 0. The smallest absolute Gasteiger partial charge is 0.258 e. The molecule has 0 aliphatic carbocycles. The van der Waals surface area contributed by atoms with Gasteiger partial charge in [0.1, 0.15) is 11.6 Å². The van der Waals surface area contributed by atoms with Gasteiger partial charge in [0, 0.05) is 0 Å². The predicted octanol–water partition coefficient (Wildman–Crippen LogP) is 4.63.